The molecule has 0 bridgehead atoms. The molecule has 1 amide bonds. The molecule has 3 rings (SSSR count). The molecule has 168 valence electrons. The molecular formula is C26H29NO5. The molecule has 6 nitrogen and oxygen atoms in total. The van der Waals surface area contributed by atoms with Crippen LogP contribution in [-0.4, -0.2) is 24.2 Å². The van der Waals surface area contributed by atoms with Gasteiger partial charge < -0.3 is 19.6 Å². The third-order valence-corrected chi connectivity index (χ3v) is 5.40. The van der Waals surface area contributed by atoms with Crippen LogP contribution in [0.15, 0.2) is 63.3 Å². The van der Waals surface area contributed by atoms with Gasteiger partial charge in [-0.2, -0.15) is 0 Å². The average molecular weight is 436 g/mol. The number of rotatable bonds is 8. The Balaban J connectivity index is 1.76. The van der Waals surface area contributed by atoms with E-state index in [9.17, 15) is 14.7 Å². The second-order valence-corrected chi connectivity index (χ2v) is 8.06. The number of ether oxygens (including phenoxy) is 1. The number of amides is 1. The maximum absolute atomic E-state index is 12.7. The van der Waals surface area contributed by atoms with E-state index in [0.717, 1.165) is 16.5 Å². The highest BCUT2D eigenvalue weighted by Gasteiger charge is 2.18. The van der Waals surface area contributed by atoms with Gasteiger partial charge in [0.1, 0.15) is 17.9 Å². The number of nitrogens with one attached hydrogen (secondary N) is 1. The maximum atomic E-state index is 12.7. The predicted octanol–water partition coefficient (Wildman–Crippen LogP) is 4.15. The molecule has 1 heterocycles. The number of allylic oxidation sites excluding steroid dienone is 1. The normalized spacial score (nSPS) is 11.8. The molecule has 0 fully saturated rings. The van der Waals surface area contributed by atoms with E-state index in [-0.39, 0.29) is 18.9 Å². The lowest BCUT2D eigenvalue weighted by Crippen LogP contribution is -2.31. The fourth-order valence-corrected chi connectivity index (χ4v) is 3.46. The minimum absolute atomic E-state index is 0.0618. The lowest BCUT2D eigenvalue weighted by Gasteiger charge is -2.14. The third-order valence-electron chi connectivity index (χ3n) is 5.40. The SMILES string of the molecule is CC(C)=CCOc1ccc2c(C)c(CC(=O)NCC(O)c3ccccc3)c(=O)oc2c1C. The first-order valence-corrected chi connectivity index (χ1v) is 10.6. The van der Waals surface area contributed by atoms with E-state index >= 15 is 0 Å². The first kappa shape index (κ1) is 23.3. The molecule has 32 heavy (non-hydrogen) atoms. The van der Waals surface area contributed by atoms with Crippen LogP contribution in [0.25, 0.3) is 11.0 Å². The maximum Gasteiger partial charge on any atom is 0.340 e. The van der Waals surface area contributed by atoms with Crippen LogP contribution < -0.4 is 15.7 Å². The van der Waals surface area contributed by atoms with Crippen molar-refractivity contribution in [1.29, 1.82) is 0 Å². The number of benzene rings is 2. The Morgan fingerprint density at radius 3 is 2.53 bits per heavy atom. The van der Waals surface area contributed by atoms with Crippen LogP contribution in [0, 0.1) is 13.8 Å². The van der Waals surface area contributed by atoms with Gasteiger partial charge in [0.15, 0.2) is 0 Å². The molecule has 0 aliphatic carbocycles. The first-order valence-electron chi connectivity index (χ1n) is 10.6. The second-order valence-electron chi connectivity index (χ2n) is 8.06. The van der Waals surface area contributed by atoms with E-state index in [4.69, 9.17) is 9.15 Å². The highest BCUT2D eigenvalue weighted by Crippen LogP contribution is 2.29. The Morgan fingerprint density at radius 2 is 1.84 bits per heavy atom. The Hall–Kier alpha value is -3.38. The van der Waals surface area contributed by atoms with E-state index < -0.39 is 11.7 Å². The van der Waals surface area contributed by atoms with Gasteiger partial charge >= 0.3 is 5.63 Å². The molecule has 0 saturated carbocycles. The van der Waals surface area contributed by atoms with Gasteiger partial charge in [0.05, 0.1) is 18.1 Å². The summed E-state index contributed by atoms with van der Waals surface area (Å²) < 4.78 is 11.4. The largest absolute Gasteiger partial charge is 0.489 e. The van der Waals surface area contributed by atoms with Gasteiger partial charge in [-0.1, -0.05) is 35.9 Å². The summed E-state index contributed by atoms with van der Waals surface area (Å²) in [6, 6.07) is 12.8. The topological polar surface area (TPSA) is 88.8 Å². The predicted molar refractivity (Wildman–Crippen MR) is 125 cm³/mol. The molecule has 0 spiro atoms. The van der Waals surface area contributed by atoms with Crippen LogP contribution >= 0.6 is 0 Å². The first-order chi connectivity index (χ1) is 15.3. The molecular weight excluding hydrogens is 406 g/mol. The Morgan fingerprint density at radius 1 is 1.12 bits per heavy atom. The van der Waals surface area contributed by atoms with Gasteiger partial charge in [-0.25, -0.2) is 4.79 Å². The Kier molecular flexibility index (Phi) is 7.49. The summed E-state index contributed by atoms with van der Waals surface area (Å²) in [6.07, 6.45) is 1.03. The smallest absolute Gasteiger partial charge is 0.340 e. The summed E-state index contributed by atoms with van der Waals surface area (Å²) in [5, 5.41) is 13.7. The standard InChI is InChI=1S/C26H29NO5/c1-16(2)12-13-31-23-11-10-20-17(3)21(26(30)32-25(20)18(23)4)14-24(29)27-15-22(28)19-8-6-5-7-9-19/h5-12,22,28H,13-15H2,1-4H3,(H,27,29). The van der Waals surface area contributed by atoms with Crippen molar-refractivity contribution in [2.75, 3.05) is 13.2 Å². The summed E-state index contributed by atoms with van der Waals surface area (Å²) in [6.45, 7) is 8.15. The lowest BCUT2D eigenvalue weighted by molar-refractivity contribution is -0.120. The van der Waals surface area contributed by atoms with Gasteiger partial charge in [0, 0.05) is 17.5 Å². The molecule has 1 unspecified atom stereocenters. The number of hydrogen-bond donors (Lipinski definition) is 2. The van der Waals surface area contributed by atoms with Crippen LogP contribution in [-0.2, 0) is 11.2 Å². The van der Waals surface area contributed by atoms with E-state index in [1.54, 1.807) is 12.1 Å². The highest BCUT2D eigenvalue weighted by atomic mass is 16.5. The molecule has 0 saturated heterocycles. The Bertz CT molecular complexity index is 1190. The monoisotopic (exact) mass is 435 g/mol. The molecule has 3 aromatic rings. The average Bonchev–Trinajstić information content (AvgIpc) is 2.77. The molecule has 2 aromatic carbocycles. The lowest BCUT2D eigenvalue weighted by atomic mass is 10.0. The van der Waals surface area contributed by atoms with E-state index in [1.165, 1.54) is 0 Å². The Labute approximate surface area is 187 Å². The summed E-state index contributed by atoms with van der Waals surface area (Å²) in [5.74, 6) is 0.297. The number of aliphatic hydroxyl groups is 1. The van der Waals surface area contributed by atoms with Crippen molar-refractivity contribution in [2.24, 2.45) is 0 Å². The van der Waals surface area contributed by atoms with E-state index in [2.05, 4.69) is 5.32 Å². The summed E-state index contributed by atoms with van der Waals surface area (Å²) >= 11 is 0. The number of aryl methyl sites for hydroxylation is 2. The van der Waals surface area contributed by atoms with Crippen LogP contribution in [0.3, 0.4) is 0 Å². The number of aliphatic hydroxyl groups excluding tert-OH is 1. The van der Waals surface area contributed by atoms with E-state index in [1.807, 2.05) is 64.1 Å². The van der Waals surface area contributed by atoms with Gasteiger partial charge in [-0.3, -0.25) is 4.79 Å². The summed E-state index contributed by atoms with van der Waals surface area (Å²) in [7, 11) is 0. The van der Waals surface area contributed by atoms with Crippen LogP contribution in [0.5, 0.6) is 5.75 Å². The van der Waals surface area contributed by atoms with Crippen LogP contribution in [0.1, 0.15) is 42.2 Å². The highest BCUT2D eigenvalue weighted by molar-refractivity contribution is 5.87. The van der Waals surface area contributed by atoms with Crippen molar-refractivity contribution in [1.82, 2.24) is 5.32 Å². The van der Waals surface area contributed by atoms with Crippen molar-refractivity contribution in [3.63, 3.8) is 0 Å². The molecule has 2 N–H and O–H groups in total. The minimum Gasteiger partial charge on any atom is -0.489 e. The van der Waals surface area contributed by atoms with Crippen molar-refractivity contribution >= 4 is 16.9 Å². The molecule has 0 aliphatic rings. The molecule has 1 aromatic heterocycles. The summed E-state index contributed by atoms with van der Waals surface area (Å²) in [4.78, 5) is 25.1. The summed E-state index contributed by atoms with van der Waals surface area (Å²) in [5.41, 5.74) is 3.55. The third kappa shape index (κ3) is 5.45. The number of fused-ring (bicyclic) bond motifs is 1. The van der Waals surface area contributed by atoms with Gasteiger partial charge in [0.25, 0.3) is 0 Å². The second kappa shape index (κ2) is 10.3. The number of carbonyl (C=O) groups is 1. The number of hydrogen-bond acceptors (Lipinski definition) is 5. The van der Waals surface area contributed by atoms with Gasteiger partial charge in [-0.15, -0.1) is 0 Å². The number of carbonyl (C=O) groups excluding carboxylic acids is 1. The zero-order valence-electron chi connectivity index (χ0n) is 18.9. The van der Waals surface area contributed by atoms with Crippen molar-refractivity contribution in [2.45, 2.75) is 40.2 Å². The minimum atomic E-state index is -0.818. The molecule has 6 heteroatoms. The zero-order valence-corrected chi connectivity index (χ0v) is 18.9. The van der Waals surface area contributed by atoms with Crippen molar-refractivity contribution < 1.29 is 19.1 Å². The van der Waals surface area contributed by atoms with Crippen molar-refractivity contribution in [3.8, 4) is 5.75 Å². The van der Waals surface area contributed by atoms with Gasteiger partial charge in [0.2, 0.25) is 5.91 Å². The fourth-order valence-electron chi connectivity index (χ4n) is 3.46. The molecule has 0 aliphatic heterocycles. The molecule has 0 radical (unpaired) electrons. The van der Waals surface area contributed by atoms with E-state index in [0.29, 0.717) is 34.6 Å². The fraction of sp³-hybridized carbons (Fsp3) is 0.308. The molecule has 1 atom stereocenters. The zero-order chi connectivity index (χ0) is 23.3. The van der Waals surface area contributed by atoms with Gasteiger partial charge in [-0.05, 0) is 57.0 Å². The quantitative estimate of drug-likeness (QED) is 0.410. The van der Waals surface area contributed by atoms with Crippen molar-refractivity contribution in [3.05, 3.63) is 86.8 Å². The van der Waals surface area contributed by atoms with Crippen LogP contribution in [0.4, 0.5) is 0 Å². The van der Waals surface area contributed by atoms with Crippen LogP contribution in [0.2, 0.25) is 0 Å².